The lowest BCUT2D eigenvalue weighted by atomic mass is 10.2. The van der Waals surface area contributed by atoms with Crippen LogP contribution in [0, 0.1) is 0 Å². The first kappa shape index (κ1) is 8.87. The first-order valence-corrected chi connectivity index (χ1v) is 4.56. The molecular formula is C10H12N4. The van der Waals surface area contributed by atoms with E-state index in [9.17, 15) is 0 Å². The second-order valence-electron chi connectivity index (χ2n) is 3.53. The molecule has 14 heavy (non-hydrogen) atoms. The van der Waals surface area contributed by atoms with Gasteiger partial charge >= 0.3 is 0 Å². The standard InChI is InChI=1S/C10H12N4/c1-6(2)9-12-5-7-3-4-8(11)13-10(7)14-9/h3-6H,1-2H3,(H2,11,12,13,14). The molecule has 2 rings (SSSR count). The zero-order valence-electron chi connectivity index (χ0n) is 8.23. The molecule has 2 aromatic heterocycles. The summed E-state index contributed by atoms with van der Waals surface area (Å²) in [5, 5.41) is 0.920. The summed E-state index contributed by atoms with van der Waals surface area (Å²) in [5.74, 6) is 1.60. The van der Waals surface area contributed by atoms with Crippen LogP contribution >= 0.6 is 0 Å². The van der Waals surface area contributed by atoms with Crippen molar-refractivity contribution in [2.24, 2.45) is 0 Å². The van der Waals surface area contributed by atoms with Gasteiger partial charge in [0.15, 0.2) is 5.65 Å². The van der Waals surface area contributed by atoms with E-state index < -0.39 is 0 Å². The van der Waals surface area contributed by atoms with Crippen molar-refractivity contribution in [1.82, 2.24) is 15.0 Å². The molecule has 72 valence electrons. The maximum absolute atomic E-state index is 5.58. The van der Waals surface area contributed by atoms with Gasteiger partial charge in [0, 0.05) is 17.5 Å². The van der Waals surface area contributed by atoms with Gasteiger partial charge in [0.05, 0.1) is 0 Å². The van der Waals surface area contributed by atoms with E-state index >= 15 is 0 Å². The number of nitrogen functional groups attached to an aromatic ring is 1. The predicted octanol–water partition coefficient (Wildman–Crippen LogP) is 1.73. The summed E-state index contributed by atoms with van der Waals surface area (Å²) in [6.45, 7) is 4.10. The van der Waals surface area contributed by atoms with Crippen LogP contribution in [0.15, 0.2) is 18.3 Å². The molecule has 0 saturated heterocycles. The Morgan fingerprint density at radius 2 is 2.00 bits per heavy atom. The Hall–Kier alpha value is -1.71. The Kier molecular flexibility index (Phi) is 2.04. The number of hydrogen-bond acceptors (Lipinski definition) is 4. The highest BCUT2D eigenvalue weighted by Crippen LogP contribution is 2.14. The fourth-order valence-electron chi connectivity index (χ4n) is 1.22. The Morgan fingerprint density at radius 1 is 1.21 bits per heavy atom. The minimum Gasteiger partial charge on any atom is -0.384 e. The second-order valence-corrected chi connectivity index (χ2v) is 3.53. The summed E-state index contributed by atoms with van der Waals surface area (Å²) in [5.41, 5.74) is 6.25. The van der Waals surface area contributed by atoms with Gasteiger partial charge in [-0.3, -0.25) is 0 Å². The van der Waals surface area contributed by atoms with Crippen molar-refractivity contribution in [2.45, 2.75) is 19.8 Å². The molecule has 4 heteroatoms. The smallest absolute Gasteiger partial charge is 0.165 e. The van der Waals surface area contributed by atoms with Crippen molar-refractivity contribution in [2.75, 3.05) is 5.73 Å². The molecule has 0 aliphatic heterocycles. The lowest BCUT2D eigenvalue weighted by Crippen LogP contribution is -1.99. The molecular weight excluding hydrogens is 176 g/mol. The Labute approximate surface area is 82.2 Å². The van der Waals surface area contributed by atoms with Crippen LogP contribution in [0.5, 0.6) is 0 Å². The highest BCUT2D eigenvalue weighted by Gasteiger charge is 2.04. The highest BCUT2D eigenvalue weighted by molar-refractivity contribution is 5.75. The molecule has 2 N–H and O–H groups in total. The van der Waals surface area contributed by atoms with Gasteiger partial charge in [-0.15, -0.1) is 0 Å². The van der Waals surface area contributed by atoms with Gasteiger partial charge in [-0.25, -0.2) is 15.0 Å². The average molecular weight is 188 g/mol. The van der Waals surface area contributed by atoms with Gasteiger partial charge < -0.3 is 5.73 Å². The van der Waals surface area contributed by atoms with E-state index in [-0.39, 0.29) is 0 Å². The third-order valence-electron chi connectivity index (χ3n) is 2.00. The Morgan fingerprint density at radius 3 is 2.71 bits per heavy atom. The van der Waals surface area contributed by atoms with Crippen LogP contribution in [0.4, 0.5) is 5.82 Å². The number of anilines is 1. The zero-order chi connectivity index (χ0) is 10.1. The summed E-state index contributed by atoms with van der Waals surface area (Å²) >= 11 is 0. The average Bonchev–Trinajstić information content (AvgIpc) is 2.16. The summed E-state index contributed by atoms with van der Waals surface area (Å²) in [6.07, 6.45) is 1.78. The Balaban J connectivity index is 2.63. The molecule has 0 unspecified atom stereocenters. The van der Waals surface area contributed by atoms with Crippen LogP contribution < -0.4 is 5.73 Å². The molecule has 0 atom stereocenters. The van der Waals surface area contributed by atoms with Crippen LogP contribution in [0.1, 0.15) is 25.6 Å². The van der Waals surface area contributed by atoms with Crippen molar-refractivity contribution in [3.8, 4) is 0 Å². The highest BCUT2D eigenvalue weighted by atomic mass is 15.0. The van der Waals surface area contributed by atoms with Gasteiger partial charge in [0.2, 0.25) is 0 Å². The summed E-state index contributed by atoms with van der Waals surface area (Å²) in [6, 6.07) is 3.63. The van der Waals surface area contributed by atoms with E-state index in [1.54, 1.807) is 12.3 Å². The molecule has 0 aliphatic rings. The van der Waals surface area contributed by atoms with Crippen molar-refractivity contribution >= 4 is 16.9 Å². The summed E-state index contributed by atoms with van der Waals surface area (Å²) in [7, 11) is 0. The van der Waals surface area contributed by atoms with Gasteiger partial charge in [-0.2, -0.15) is 0 Å². The van der Waals surface area contributed by atoms with Crippen molar-refractivity contribution in [1.29, 1.82) is 0 Å². The molecule has 0 bridgehead atoms. The molecule has 0 saturated carbocycles. The minimum atomic E-state index is 0.308. The molecule has 4 nitrogen and oxygen atoms in total. The van der Waals surface area contributed by atoms with Crippen LogP contribution in [-0.2, 0) is 0 Å². The van der Waals surface area contributed by atoms with Crippen LogP contribution in [0.2, 0.25) is 0 Å². The fraction of sp³-hybridized carbons (Fsp3) is 0.300. The van der Waals surface area contributed by atoms with E-state index in [1.165, 1.54) is 0 Å². The van der Waals surface area contributed by atoms with Crippen LogP contribution in [0.25, 0.3) is 11.0 Å². The number of pyridine rings is 1. The first-order chi connectivity index (χ1) is 6.66. The SMILES string of the molecule is CC(C)c1ncc2ccc(N)nc2n1. The van der Waals surface area contributed by atoms with Gasteiger partial charge in [0.25, 0.3) is 0 Å². The normalized spacial score (nSPS) is 11.1. The fourth-order valence-corrected chi connectivity index (χ4v) is 1.22. The van der Waals surface area contributed by atoms with Gasteiger partial charge in [-0.1, -0.05) is 13.8 Å². The number of hydrogen-bond donors (Lipinski definition) is 1. The molecule has 0 aliphatic carbocycles. The lowest BCUT2D eigenvalue weighted by molar-refractivity contribution is 0.781. The van der Waals surface area contributed by atoms with Crippen molar-refractivity contribution in [3.05, 3.63) is 24.2 Å². The van der Waals surface area contributed by atoms with Crippen molar-refractivity contribution in [3.63, 3.8) is 0 Å². The number of fused-ring (bicyclic) bond motifs is 1. The molecule has 0 radical (unpaired) electrons. The number of nitrogens with zero attached hydrogens (tertiary/aromatic N) is 3. The van der Waals surface area contributed by atoms with Gasteiger partial charge in [0.1, 0.15) is 11.6 Å². The minimum absolute atomic E-state index is 0.308. The number of rotatable bonds is 1. The zero-order valence-corrected chi connectivity index (χ0v) is 8.23. The van der Waals surface area contributed by atoms with E-state index in [4.69, 9.17) is 5.73 Å². The number of aromatic nitrogens is 3. The van der Waals surface area contributed by atoms with E-state index in [2.05, 4.69) is 15.0 Å². The molecule has 0 aromatic carbocycles. The third-order valence-corrected chi connectivity index (χ3v) is 2.00. The molecule has 0 amide bonds. The molecule has 2 heterocycles. The van der Waals surface area contributed by atoms with Crippen molar-refractivity contribution < 1.29 is 0 Å². The van der Waals surface area contributed by atoms with E-state index in [1.807, 2.05) is 19.9 Å². The van der Waals surface area contributed by atoms with E-state index in [0.717, 1.165) is 11.2 Å². The molecule has 0 spiro atoms. The van der Waals surface area contributed by atoms with Crippen LogP contribution in [0.3, 0.4) is 0 Å². The largest absolute Gasteiger partial charge is 0.384 e. The monoisotopic (exact) mass is 188 g/mol. The number of nitrogens with two attached hydrogens (primary N) is 1. The van der Waals surface area contributed by atoms with Gasteiger partial charge in [-0.05, 0) is 12.1 Å². The Bertz CT molecular complexity index is 465. The first-order valence-electron chi connectivity index (χ1n) is 4.56. The lowest BCUT2D eigenvalue weighted by Gasteiger charge is -2.03. The second kappa shape index (κ2) is 3.21. The maximum atomic E-state index is 5.58. The van der Waals surface area contributed by atoms with Crippen LogP contribution in [-0.4, -0.2) is 15.0 Å². The molecule has 0 fully saturated rings. The molecule has 2 aromatic rings. The summed E-state index contributed by atoms with van der Waals surface area (Å²) < 4.78 is 0. The maximum Gasteiger partial charge on any atom is 0.165 e. The topological polar surface area (TPSA) is 64.7 Å². The van der Waals surface area contributed by atoms with E-state index in [0.29, 0.717) is 17.4 Å². The third kappa shape index (κ3) is 1.51. The quantitative estimate of drug-likeness (QED) is 0.740. The summed E-state index contributed by atoms with van der Waals surface area (Å²) in [4.78, 5) is 12.7. The predicted molar refractivity (Wildman–Crippen MR) is 55.8 cm³/mol.